The van der Waals surface area contributed by atoms with E-state index >= 15 is 0 Å². The number of benzene rings is 1. The van der Waals surface area contributed by atoms with Crippen LogP contribution in [0.2, 0.25) is 0 Å². The zero-order valence-corrected chi connectivity index (χ0v) is 9.96. The van der Waals surface area contributed by atoms with Crippen LogP contribution in [-0.4, -0.2) is 16.1 Å². The number of hydrogen-bond donors (Lipinski definition) is 1. The van der Waals surface area contributed by atoms with Crippen LogP contribution in [0.1, 0.15) is 11.3 Å². The molecule has 18 heavy (non-hydrogen) atoms. The number of aliphatic carboxylic acids is 1. The fourth-order valence-corrected chi connectivity index (χ4v) is 1.62. The molecular weight excluding hydrogens is 230 g/mol. The molecule has 1 N–H and O–H groups in total. The van der Waals surface area contributed by atoms with Gasteiger partial charge in [0.15, 0.2) is 0 Å². The molecule has 0 amide bonds. The summed E-state index contributed by atoms with van der Waals surface area (Å²) in [5.41, 5.74) is 1.50. The summed E-state index contributed by atoms with van der Waals surface area (Å²) < 4.78 is 5.69. The lowest BCUT2D eigenvalue weighted by molar-refractivity contribution is -0.136. The van der Waals surface area contributed by atoms with Crippen molar-refractivity contribution in [2.75, 3.05) is 0 Å². The maximum atomic E-state index is 10.8. The lowest BCUT2D eigenvalue weighted by Gasteiger charge is -2.09. The molecule has 0 spiro atoms. The molecular formula is C14H13NO3. The van der Waals surface area contributed by atoms with Crippen LogP contribution in [0.3, 0.4) is 0 Å². The monoisotopic (exact) mass is 243 g/mol. The van der Waals surface area contributed by atoms with Gasteiger partial charge < -0.3 is 9.84 Å². The van der Waals surface area contributed by atoms with Crippen molar-refractivity contribution in [3.63, 3.8) is 0 Å². The third-order valence-corrected chi connectivity index (χ3v) is 2.41. The van der Waals surface area contributed by atoms with Gasteiger partial charge in [-0.2, -0.15) is 0 Å². The van der Waals surface area contributed by atoms with Gasteiger partial charge in [-0.15, -0.1) is 0 Å². The highest BCUT2D eigenvalue weighted by atomic mass is 16.5. The molecule has 0 aliphatic carbocycles. The van der Waals surface area contributed by atoms with Gasteiger partial charge in [0.25, 0.3) is 0 Å². The zero-order chi connectivity index (χ0) is 13.0. The topological polar surface area (TPSA) is 59.4 Å². The number of para-hydroxylation sites is 1. The average molecular weight is 243 g/mol. The molecule has 2 rings (SSSR count). The fraction of sp³-hybridized carbons (Fsp3) is 0.143. The number of carboxylic acids is 1. The molecule has 0 saturated carbocycles. The molecule has 92 valence electrons. The largest absolute Gasteiger partial charge is 0.481 e. The van der Waals surface area contributed by atoms with Gasteiger partial charge >= 0.3 is 5.97 Å². The lowest BCUT2D eigenvalue weighted by atomic mass is 10.1. The van der Waals surface area contributed by atoms with Crippen molar-refractivity contribution in [1.82, 2.24) is 4.98 Å². The van der Waals surface area contributed by atoms with E-state index in [1.165, 1.54) is 0 Å². The van der Waals surface area contributed by atoms with Crippen LogP contribution in [0.5, 0.6) is 11.5 Å². The molecule has 1 aromatic heterocycles. The van der Waals surface area contributed by atoms with E-state index < -0.39 is 5.97 Å². The van der Waals surface area contributed by atoms with E-state index in [0.717, 1.165) is 5.69 Å². The summed E-state index contributed by atoms with van der Waals surface area (Å²) in [5, 5.41) is 8.84. The second kappa shape index (κ2) is 5.31. The highest BCUT2D eigenvalue weighted by molar-refractivity contribution is 5.71. The number of hydrogen-bond acceptors (Lipinski definition) is 3. The number of aryl methyl sites for hydroxylation is 1. The Balaban J connectivity index is 2.26. The van der Waals surface area contributed by atoms with Crippen LogP contribution in [0, 0.1) is 6.92 Å². The molecule has 0 atom stereocenters. The Morgan fingerprint density at radius 3 is 2.83 bits per heavy atom. The Morgan fingerprint density at radius 1 is 1.33 bits per heavy atom. The van der Waals surface area contributed by atoms with Crippen molar-refractivity contribution in [3.8, 4) is 11.5 Å². The number of rotatable bonds is 4. The van der Waals surface area contributed by atoms with E-state index in [4.69, 9.17) is 9.84 Å². The third-order valence-electron chi connectivity index (χ3n) is 2.41. The summed E-state index contributed by atoms with van der Waals surface area (Å²) in [5.74, 6) is 0.336. The minimum atomic E-state index is -0.878. The molecule has 0 fully saturated rings. The summed E-state index contributed by atoms with van der Waals surface area (Å²) in [6, 6.07) is 10.7. The molecule has 4 heteroatoms. The van der Waals surface area contributed by atoms with Crippen LogP contribution in [0.25, 0.3) is 0 Å². The van der Waals surface area contributed by atoms with Gasteiger partial charge in [0.05, 0.1) is 6.42 Å². The van der Waals surface area contributed by atoms with E-state index in [1.54, 1.807) is 36.5 Å². The minimum absolute atomic E-state index is 0.0553. The fourth-order valence-electron chi connectivity index (χ4n) is 1.62. The first-order valence-corrected chi connectivity index (χ1v) is 5.55. The highest BCUT2D eigenvalue weighted by Crippen LogP contribution is 2.25. The number of carbonyl (C=O) groups is 1. The minimum Gasteiger partial charge on any atom is -0.481 e. The van der Waals surface area contributed by atoms with Crippen LogP contribution in [0.4, 0.5) is 0 Å². The van der Waals surface area contributed by atoms with Crippen molar-refractivity contribution >= 4 is 5.97 Å². The second-order valence-electron chi connectivity index (χ2n) is 3.91. The molecule has 1 aromatic carbocycles. The van der Waals surface area contributed by atoms with Crippen molar-refractivity contribution in [2.45, 2.75) is 13.3 Å². The van der Waals surface area contributed by atoms with Crippen molar-refractivity contribution in [3.05, 3.63) is 53.9 Å². The first-order chi connectivity index (χ1) is 8.65. The second-order valence-corrected chi connectivity index (χ2v) is 3.91. The average Bonchev–Trinajstić information content (AvgIpc) is 2.31. The van der Waals surface area contributed by atoms with Gasteiger partial charge in [0.1, 0.15) is 11.5 Å². The van der Waals surface area contributed by atoms with Crippen LogP contribution < -0.4 is 4.74 Å². The van der Waals surface area contributed by atoms with Gasteiger partial charge in [0.2, 0.25) is 0 Å². The molecule has 0 radical (unpaired) electrons. The SMILES string of the molecule is Cc1cc(Oc2ccccc2CC(=O)O)ccn1. The molecule has 0 aliphatic rings. The van der Waals surface area contributed by atoms with E-state index in [0.29, 0.717) is 17.1 Å². The Hall–Kier alpha value is -2.36. The van der Waals surface area contributed by atoms with Crippen molar-refractivity contribution < 1.29 is 14.6 Å². The van der Waals surface area contributed by atoms with E-state index in [-0.39, 0.29) is 6.42 Å². The Kier molecular flexibility index (Phi) is 3.57. The third kappa shape index (κ3) is 3.07. The van der Waals surface area contributed by atoms with E-state index in [1.807, 2.05) is 13.0 Å². The molecule has 2 aromatic rings. The normalized spacial score (nSPS) is 10.1. The maximum absolute atomic E-state index is 10.8. The summed E-state index contributed by atoms with van der Waals surface area (Å²) in [6.45, 7) is 1.87. The molecule has 0 aliphatic heterocycles. The molecule has 4 nitrogen and oxygen atoms in total. The predicted octanol–water partition coefficient (Wildman–Crippen LogP) is 2.81. The van der Waals surface area contributed by atoms with Crippen LogP contribution >= 0.6 is 0 Å². The zero-order valence-electron chi connectivity index (χ0n) is 9.96. The van der Waals surface area contributed by atoms with Crippen molar-refractivity contribution in [1.29, 1.82) is 0 Å². The van der Waals surface area contributed by atoms with Gasteiger partial charge in [-0.25, -0.2) is 0 Å². The number of pyridine rings is 1. The Bertz CT molecular complexity index is 566. The molecule has 1 heterocycles. The smallest absolute Gasteiger partial charge is 0.307 e. The van der Waals surface area contributed by atoms with E-state index in [2.05, 4.69) is 4.98 Å². The molecule has 0 bridgehead atoms. The highest BCUT2D eigenvalue weighted by Gasteiger charge is 2.08. The number of carboxylic acid groups (broad SMARTS) is 1. The standard InChI is InChI=1S/C14H13NO3/c1-10-8-12(6-7-15-10)18-13-5-3-2-4-11(13)9-14(16)17/h2-8H,9H2,1H3,(H,16,17). The Labute approximate surface area is 105 Å². The first kappa shape index (κ1) is 12.1. The van der Waals surface area contributed by atoms with E-state index in [9.17, 15) is 4.79 Å². The number of aromatic nitrogens is 1. The number of ether oxygens (including phenoxy) is 1. The lowest BCUT2D eigenvalue weighted by Crippen LogP contribution is -2.01. The van der Waals surface area contributed by atoms with Gasteiger partial charge in [-0.1, -0.05) is 18.2 Å². The van der Waals surface area contributed by atoms with Gasteiger partial charge in [-0.3, -0.25) is 9.78 Å². The molecule has 0 saturated heterocycles. The predicted molar refractivity (Wildman–Crippen MR) is 66.8 cm³/mol. The summed E-state index contributed by atoms with van der Waals surface area (Å²) in [7, 11) is 0. The summed E-state index contributed by atoms with van der Waals surface area (Å²) >= 11 is 0. The molecule has 0 unspecified atom stereocenters. The van der Waals surface area contributed by atoms with Crippen molar-refractivity contribution in [2.24, 2.45) is 0 Å². The van der Waals surface area contributed by atoms with Gasteiger partial charge in [0, 0.05) is 23.5 Å². The van der Waals surface area contributed by atoms with Crippen LogP contribution in [-0.2, 0) is 11.2 Å². The maximum Gasteiger partial charge on any atom is 0.307 e. The summed E-state index contributed by atoms with van der Waals surface area (Å²) in [6.07, 6.45) is 1.60. The van der Waals surface area contributed by atoms with Gasteiger partial charge in [-0.05, 0) is 19.1 Å². The number of nitrogens with zero attached hydrogens (tertiary/aromatic N) is 1. The van der Waals surface area contributed by atoms with Crippen LogP contribution in [0.15, 0.2) is 42.6 Å². The quantitative estimate of drug-likeness (QED) is 0.897. The Morgan fingerprint density at radius 2 is 2.11 bits per heavy atom. The summed E-state index contributed by atoms with van der Waals surface area (Å²) in [4.78, 5) is 14.8. The first-order valence-electron chi connectivity index (χ1n) is 5.55.